The van der Waals surface area contributed by atoms with Crippen LogP contribution >= 0.6 is 11.3 Å². The topological polar surface area (TPSA) is 72.5 Å². The molecule has 0 saturated carbocycles. The number of rotatable bonds is 7. The molecule has 1 fully saturated rings. The molecule has 3 rings (SSSR count). The lowest BCUT2D eigenvalue weighted by Crippen LogP contribution is -2.28. The first-order chi connectivity index (χ1) is 13.1. The highest BCUT2D eigenvalue weighted by Gasteiger charge is 2.14. The zero-order chi connectivity index (χ0) is 19.1. The van der Waals surface area contributed by atoms with Gasteiger partial charge in [-0.3, -0.25) is 5.32 Å². The molecule has 2 amide bonds. The molecule has 1 aromatic heterocycles. The highest BCUT2D eigenvalue weighted by Crippen LogP contribution is 2.25. The number of nitrogens with one attached hydrogen (secondary N) is 2. The van der Waals surface area contributed by atoms with Crippen LogP contribution in [0.25, 0.3) is 0 Å². The zero-order valence-corrected chi connectivity index (χ0v) is 16.7. The van der Waals surface area contributed by atoms with Crippen LogP contribution in [-0.2, 0) is 22.6 Å². The van der Waals surface area contributed by atoms with Gasteiger partial charge in [0.15, 0.2) is 5.13 Å². The number of nitrogens with zero attached hydrogens (tertiary/aromatic N) is 1. The van der Waals surface area contributed by atoms with Gasteiger partial charge in [0, 0.05) is 30.8 Å². The minimum absolute atomic E-state index is 0.247. The molecule has 1 aliphatic rings. The number of carbonyl (C=O) groups is 1. The second-order valence-corrected chi connectivity index (χ2v) is 8.04. The molecular formula is C20H27N3O3S. The first-order valence-electron chi connectivity index (χ1n) is 9.38. The quantitative estimate of drug-likeness (QED) is 0.741. The Hall–Kier alpha value is -1.96. The van der Waals surface area contributed by atoms with Gasteiger partial charge in [-0.15, -0.1) is 11.3 Å². The maximum Gasteiger partial charge on any atom is 0.321 e. The Morgan fingerprint density at radius 3 is 2.85 bits per heavy atom. The molecule has 1 aliphatic heterocycles. The van der Waals surface area contributed by atoms with Crippen molar-refractivity contribution in [2.75, 3.05) is 18.5 Å². The summed E-state index contributed by atoms with van der Waals surface area (Å²) in [5, 5.41) is 6.29. The van der Waals surface area contributed by atoms with E-state index in [0.29, 0.717) is 24.2 Å². The van der Waals surface area contributed by atoms with Crippen LogP contribution in [-0.4, -0.2) is 30.3 Å². The van der Waals surface area contributed by atoms with Crippen LogP contribution < -0.4 is 10.6 Å². The second kappa shape index (κ2) is 9.82. The highest BCUT2D eigenvalue weighted by molar-refractivity contribution is 7.15. The smallest absolute Gasteiger partial charge is 0.321 e. The number of amides is 2. The predicted molar refractivity (Wildman–Crippen MR) is 107 cm³/mol. The van der Waals surface area contributed by atoms with Crippen molar-refractivity contribution in [1.82, 2.24) is 10.3 Å². The summed E-state index contributed by atoms with van der Waals surface area (Å²) >= 11 is 1.51. The number of anilines is 1. The zero-order valence-electron chi connectivity index (χ0n) is 15.9. The number of carbonyl (C=O) groups excluding carboxylic acids is 1. The fourth-order valence-electron chi connectivity index (χ4n) is 2.82. The third-order valence-corrected chi connectivity index (χ3v) is 5.62. The Bertz CT molecular complexity index is 742. The Morgan fingerprint density at radius 2 is 2.11 bits per heavy atom. The van der Waals surface area contributed by atoms with Crippen molar-refractivity contribution in [2.45, 2.75) is 51.9 Å². The van der Waals surface area contributed by atoms with Crippen LogP contribution in [0, 0.1) is 0 Å². The molecule has 27 heavy (non-hydrogen) atoms. The average Bonchev–Trinajstić information content (AvgIpc) is 3.15. The largest absolute Gasteiger partial charge is 0.381 e. The molecule has 2 aromatic rings. The molecule has 0 bridgehead atoms. The number of urea groups is 1. The molecule has 146 valence electrons. The minimum Gasteiger partial charge on any atom is -0.381 e. The van der Waals surface area contributed by atoms with Gasteiger partial charge in [0.2, 0.25) is 0 Å². The Morgan fingerprint density at radius 1 is 1.33 bits per heavy atom. The lowest BCUT2D eigenvalue weighted by Gasteiger charge is -2.22. The summed E-state index contributed by atoms with van der Waals surface area (Å²) in [7, 11) is 0. The van der Waals surface area contributed by atoms with Crippen LogP contribution in [0.4, 0.5) is 9.93 Å². The number of benzene rings is 1. The Kier molecular flexibility index (Phi) is 7.20. The van der Waals surface area contributed by atoms with Gasteiger partial charge in [-0.2, -0.15) is 0 Å². The lowest BCUT2D eigenvalue weighted by molar-refractivity contribution is -0.0390. The highest BCUT2D eigenvalue weighted by atomic mass is 32.1. The van der Waals surface area contributed by atoms with E-state index in [1.807, 2.05) is 24.4 Å². The predicted octanol–water partition coefficient (Wildman–Crippen LogP) is 4.28. The van der Waals surface area contributed by atoms with Gasteiger partial charge in [-0.1, -0.05) is 38.1 Å². The average molecular weight is 390 g/mol. The summed E-state index contributed by atoms with van der Waals surface area (Å²) in [4.78, 5) is 17.5. The molecule has 2 N–H and O–H groups in total. The van der Waals surface area contributed by atoms with Gasteiger partial charge in [0.25, 0.3) is 0 Å². The van der Waals surface area contributed by atoms with Crippen molar-refractivity contribution in [3.63, 3.8) is 0 Å². The van der Waals surface area contributed by atoms with Crippen LogP contribution in [0.2, 0.25) is 0 Å². The van der Waals surface area contributed by atoms with Gasteiger partial charge in [0.1, 0.15) is 0 Å². The first kappa shape index (κ1) is 19.8. The normalized spacial score (nSPS) is 15.1. The summed E-state index contributed by atoms with van der Waals surface area (Å²) in [5.74, 6) is 0.409. The molecule has 0 atom stereocenters. The fraction of sp³-hybridized carbons (Fsp3) is 0.500. The van der Waals surface area contributed by atoms with Crippen LogP contribution in [0.5, 0.6) is 0 Å². The van der Waals surface area contributed by atoms with E-state index in [1.54, 1.807) is 0 Å². The van der Waals surface area contributed by atoms with Gasteiger partial charge >= 0.3 is 6.03 Å². The molecule has 6 nitrogen and oxygen atoms in total. The molecular weight excluding hydrogens is 362 g/mol. The molecule has 1 saturated heterocycles. The number of hydrogen-bond donors (Lipinski definition) is 2. The van der Waals surface area contributed by atoms with Crippen molar-refractivity contribution >= 4 is 22.5 Å². The van der Waals surface area contributed by atoms with Gasteiger partial charge < -0.3 is 14.8 Å². The minimum atomic E-state index is -0.247. The van der Waals surface area contributed by atoms with E-state index in [0.717, 1.165) is 42.1 Å². The maximum atomic E-state index is 12.1. The molecule has 0 radical (unpaired) electrons. The molecule has 0 aliphatic carbocycles. The number of hydrogen-bond acceptors (Lipinski definition) is 5. The van der Waals surface area contributed by atoms with E-state index in [1.165, 1.54) is 11.3 Å². The standard InChI is InChI=1S/C20H27N3O3S/c1-14(2)18-12-22-20(27-18)23-19(24)21-11-15-4-3-5-16(10-15)13-26-17-6-8-25-9-7-17/h3-5,10,12,14,17H,6-9,11,13H2,1-2H3,(H2,21,22,23,24). The first-order valence-corrected chi connectivity index (χ1v) is 10.2. The van der Waals surface area contributed by atoms with Crippen molar-refractivity contribution in [1.29, 1.82) is 0 Å². The van der Waals surface area contributed by atoms with Crippen molar-refractivity contribution in [3.8, 4) is 0 Å². The van der Waals surface area contributed by atoms with E-state index in [9.17, 15) is 4.79 Å². The van der Waals surface area contributed by atoms with E-state index < -0.39 is 0 Å². The van der Waals surface area contributed by atoms with Crippen molar-refractivity contribution in [3.05, 3.63) is 46.5 Å². The lowest BCUT2D eigenvalue weighted by atomic mass is 10.1. The number of thiazole rings is 1. The van der Waals surface area contributed by atoms with Gasteiger partial charge in [-0.25, -0.2) is 9.78 Å². The van der Waals surface area contributed by atoms with Crippen LogP contribution in [0.15, 0.2) is 30.5 Å². The summed E-state index contributed by atoms with van der Waals surface area (Å²) in [6.07, 6.45) is 4.00. The van der Waals surface area contributed by atoms with E-state index in [2.05, 4.69) is 35.5 Å². The summed E-state index contributed by atoms with van der Waals surface area (Å²) in [5.41, 5.74) is 2.16. The molecule has 0 unspecified atom stereocenters. The second-order valence-electron chi connectivity index (χ2n) is 6.97. The van der Waals surface area contributed by atoms with Crippen LogP contribution in [0.3, 0.4) is 0 Å². The van der Waals surface area contributed by atoms with Gasteiger partial charge in [-0.05, 0) is 29.9 Å². The van der Waals surface area contributed by atoms with Crippen molar-refractivity contribution < 1.29 is 14.3 Å². The summed E-state index contributed by atoms with van der Waals surface area (Å²) in [6.45, 7) is 6.82. The molecule has 7 heteroatoms. The third-order valence-electron chi connectivity index (χ3n) is 4.41. The molecule has 1 aromatic carbocycles. The van der Waals surface area contributed by atoms with Crippen LogP contribution in [0.1, 0.15) is 48.6 Å². The monoisotopic (exact) mass is 389 g/mol. The third kappa shape index (κ3) is 6.30. The maximum absolute atomic E-state index is 12.1. The van der Waals surface area contributed by atoms with Gasteiger partial charge in [0.05, 0.1) is 12.7 Å². The van der Waals surface area contributed by atoms with E-state index in [4.69, 9.17) is 9.47 Å². The number of ether oxygens (including phenoxy) is 2. The summed E-state index contributed by atoms with van der Waals surface area (Å²) < 4.78 is 11.3. The molecule has 0 spiro atoms. The summed E-state index contributed by atoms with van der Waals surface area (Å²) in [6, 6.07) is 7.86. The molecule has 2 heterocycles. The number of aromatic nitrogens is 1. The Labute approximate surface area is 164 Å². The SMILES string of the molecule is CC(C)c1cnc(NC(=O)NCc2cccc(COC3CCOCC3)c2)s1. The van der Waals surface area contributed by atoms with E-state index in [-0.39, 0.29) is 12.1 Å². The van der Waals surface area contributed by atoms with E-state index >= 15 is 0 Å². The van der Waals surface area contributed by atoms with Crippen molar-refractivity contribution in [2.24, 2.45) is 0 Å². The fourth-order valence-corrected chi connectivity index (χ4v) is 3.63. The Balaban J connectivity index is 1.45.